The Kier molecular flexibility index (Phi) is 3.81. The minimum atomic E-state index is 0.867. The maximum absolute atomic E-state index is 4.41. The molecule has 0 saturated heterocycles. The summed E-state index contributed by atoms with van der Waals surface area (Å²) in [5.41, 5.74) is 4.84. The van der Waals surface area contributed by atoms with Crippen molar-refractivity contribution < 1.29 is 0 Å². The molecule has 2 rings (SSSR count). The van der Waals surface area contributed by atoms with Crippen LogP contribution >= 0.6 is 0 Å². The molecule has 0 bridgehead atoms. The van der Waals surface area contributed by atoms with E-state index in [2.05, 4.69) is 42.5 Å². The van der Waals surface area contributed by atoms with E-state index >= 15 is 0 Å². The van der Waals surface area contributed by atoms with Crippen LogP contribution in [0.3, 0.4) is 0 Å². The Balaban J connectivity index is 1.82. The molecule has 0 saturated carbocycles. The number of hydrogen-bond acceptors (Lipinski definition) is 3. The fourth-order valence-corrected chi connectivity index (χ4v) is 2.07. The Labute approximate surface area is 108 Å². The lowest BCUT2D eigenvalue weighted by molar-refractivity contribution is 0.553. The van der Waals surface area contributed by atoms with E-state index in [1.165, 1.54) is 16.8 Å². The Morgan fingerprint density at radius 1 is 1.28 bits per heavy atom. The molecule has 0 aliphatic heterocycles. The second kappa shape index (κ2) is 5.35. The van der Waals surface area contributed by atoms with E-state index in [9.17, 15) is 0 Å². The molecule has 0 atom stereocenters. The number of rotatable bonds is 5. The van der Waals surface area contributed by atoms with Gasteiger partial charge in [-0.25, -0.2) is 0 Å². The van der Waals surface area contributed by atoms with E-state index in [4.69, 9.17) is 0 Å². The number of aryl methyl sites for hydroxylation is 3. The van der Waals surface area contributed by atoms with Gasteiger partial charge in [-0.1, -0.05) is 0 Å². The van der Waals surface area contributed by atoms with Crippen molar-refractivity contribution in [3.8, 4) is 0 Å². The Hall–Kier alpha value is -1.62. The van der Waals surface area contributed by atoms with Gasteiger partial charge < -0.3 is 5.32 Å². The van der Waals surface area contributed by atoms with Crippen LogP contribution in [-0.2, 0) is 20.1 Å². The molecular formula is C13H21N5. The van der Waals surface area contributed by atoms with Crippen molar-refractivity contribution in [1.29, 1.82) is 0 Å². The Morgan fingerprint density at radius 3 is 2.61 bits per heavy atom. The summed E-state index contributed by atoms with van der Waals surface area (Å²) < 4.78 is 3.90. The summed E-state index contributed by atoms with van der Waals surface area (Å²) in [6.45, 7) is 8.89. The van der Waals surface area contributed by atoms with Crippen molar-refractivity contribution in [2.45, 2.75) is 33.9 Å². The highest BCUT2D eigenvalue weighted by atomic mass is 15.3. The average molecular weight is 247 g/mol. The van der Waals surface area contributed by atoms with Crippen LogP contribution in [-0.4, -0.2) is 26.1 Å². The van der Waals surface area contributed by atoms with Gasteiger partial charge in [-0.2, -0.15) is 10.2 Å². The first-order valence-corrected chi connectivity index (χ1v) is 6.27. The van der Waals surface area contributed by atoms with Crippen molar-refractivity contribution in [1.82, 2.24) is 24.9 Å². The van der Waals surface area contributed by atoms with Gasteiger partial charge in [-0.15, -0.1) is 0 Å². The molecule has 0 aromatic carbocycles. The van der Waals surface area contributed by atoms with E-state index in [0.717, 1.165) is 25.3 Å². The van der Waals surface area contributed by atoms with Gasteiger partial charge >= 0.3 is 0 Å². The van der Waals surface area contributed by atoms with Crippen LogP contribution in [0.15, 0.2) is 12.4 Å². The SMILES string of the molecule is Cc1cnn(CCNCc2c(C)nn(C)c2C)c1. The summed E-state index contributed by atoms with van der Waals surface area (Å²) in [5, 5.41) is 12.1. The van der Waals surface area contributed by atoms with Crippen molar-refractivity contribution in [2.24, 2.45) is 7.05 Å². The maximum atomic E-state index is 4.41. The predicted molar refractivity (Wildman–Crippen MR) is 71.4 cm³/mol. The Morgan fingerprint density at radius 2 is 2.06 bits per heavy atom. The summed E-state index contributed by atoms with van der Waals surface area (Å²) in [6.07, 6.45) is 3.94. The molecule has 5 nitrogen and oxygen atoms in total. The molecule has 0 aliphatic carbocycles. The van der Waals surface area contributed by atoms with Gasteiger partial charge in [0.15, 0.2) is 0 Å². The number of nitrogens with one attached hydrogen (secondary N) is 1. The van der Waals surface area contributed by atoms with Crippen molar-refractivity contribution >= 4 is 0 Å². The van der Waals surface area contributed by atoms with Crippen LogP contribution in [0.2, 0.25) is 0 Å². The molecule has 2 heterocycles. The molecule has 2 aromatic heterocycles. The van der Waals surface area contributed by atoms with E-state index in [-0.39, 0.29) is 0 Å². The third-order valence-corrected chi connectivity index (χ3v) is 3.24. The fourth-order valence-electron chi connectivity index (χ4n) is 2.07. The van der Waals surface area contributed by atoms with Crippen molar-refractivity contribution in [3.63, 3.8) is 0 Å². The van der Waals surface area contributed by atoms with Gasteiger partial charge in [-0.3, -0.25) is 9.36 Å². The van der Waals surface area contributed by atoms with E-state index in [0.29, 0.717) is 0 Å². The lowest BCUT2D eigenvalue weighted by Crippen LogP contribution is -2.20. The first kappa shape index (κ1) is 12.8. The van der Waals surface area contributed by atoms with Gasteiger partial charge in [0.2, 0.25) is 0 Å². The fraction of sp³-hybridized carbons (Fsp3) is 0.538. The predicted octanol–water partition coefficient (Wildman–Crippen LogP) is 1.33. The van der Waals surface area contributed by atoms with E-state index in [1.807, 2.05) is 22.6 Å². The third-order valence-electron chi connectivity index (χ3n) is 3.24. The van der Waals surface area contributed by atoms with E-state index in [1.54, 1.807) is 0 Å². The zero-order chi connectivity index (χ0) is 13.1. The van der Waals surface area contributed by atoms with E-state index < -0.39 is 0 Å². The molecule has 98 valence electrons. The van der Waals surface area contributed by atoms with Gasteiger partial charge in [0, 0.05) is 37.6 Å². The molecule has 0 aliphatic rings. The first-order valence-electron chi connectivity index (χ1n) is 6.27. The molecule has 5 heteroatoms. The summed E-state index contributed by atoms with van der Waals surface area (Å²) in [5.74, 6) is 0. The topological polar surface area (TPSA) is 47.7 Å². The van der Waals surface area contributed by atoms with Crippen LogP contribution in [0.5, 0.6) is 0 Å². The highest BCUT2D eigenvalue weighted by Gasteiger charge is 2.08. The first-order chi connectivity index (χ1) is 8.58. The minimum absolute atomic E-state index is 0.867. The van der Waals surface area contributed by atoms with Crippen molar-refractivity contribution in [3.05, 3.63) is 34.9 Å². The normalized spacial score (nSPS) is 11.1. The lowest BCUT2D eigenvalue weighted by Gasteiger charge is -2.05. The lowest BCUT2D eigenvalue weighted by atomic mass is 10.2. The quantitative estimate of drug-likeness (QED) is 0.811. The minimum Gasteiger partial charge on any atom is -0.311 e. The summed E-state index contributed by atoms with van der Waals surface area (Å²) in [6, 6.07) is 0. The van der Waals surface area contributed by atoms with Gasteiger partial charge in [0.25, 0.3) is 0 Å². The summed E-state index contributed by atoms with van der Waals surface area (Å²) >= 11 is 0. The third kappa shape index (κ3) is 2.79. The number of hydrogen-bond donors (Lipinski definition) is 1. The van der Waals surface area contributed by atoms with Gasteiger partial charge in [0.05, 0.1) is 18.4 Å². The number of nitrogens with zero attached hydrogens (tertiary/aromatic N) is 4. The second-order valence-corrected chi connectivity index (χ2v) is 4.73. The molecule has 0 radical (unpaired) electrons. The monoisotopic (exact) mass is 247 g/mol. The van der Waals surface area contributed by atoms with Crippen LogP contribution in [0.4, 0.5) is 0 Å². The average Bonchev–Trinajstić information content (AvgIpc) is 2.82. The van der Waals surface area contributed by atoms with Crippen molar-refractivity contribution in [2.75, 3.05) is 6.54 Å². The molecule has 2 aromatic rings. The zero-order valence-electron chi connectivity index (χ0n) is 11.6. The molecule has 18 heavy (non-hydrogen) atoms. The molecule has 1 N–H and O–H groups in total. The zero-order valence-corrected chi connectivity index (χ0v) is 11.6. The molecule has 0 spiro atoms. The molecule has 0 unspecified atom stereocenters. The summed E-state index contributed by atoms with van der Waals surface area (Å²) in [4.78, 5) is 0. The second-order valence-electron chi connectivity index (χ2n) is 4.73. The summed E-state index contributed by atoms with van der Waals surface area (Å²) in [7, 11) is 1.98. The highest BCUT2D eigenvalue weighted by molar-refractivity contribution is 5.23. The molecule has 0 amide bonds. The van der Waals surface area contributed by atoms with Crippen LogP contribution in [0.25, 0.3) is 0 Å². The van der Waals surface area contributed by atoms with Gasteiger partial charge in [0.1, 0.15) is 0 Å². The standard InChI is InChI=1S/C13H21N5/c1-10-7-15-18(9-10)6-5-14-8-13-11(2)16-17(4)12(13)3/h7,9,14H,5-6,8H2,1-4H3. The van der Waals surface area contributed by atoms with Crippen LogP contribution in [0.1, 0.15) is 22.5 Å². The largest absolute Gasteiger partial charge is 0.311 e. The molecule has 0 fully saturated rings. The van der Waals surface area contributed by atoms with Crippen LogP contribution < -0.4 is 5.32 Å². The van der Waals surface area contributed by atoms with Gasteiger partial charge in [-0.05, 0) is 26.3 Å². The number of aromatic nitrogens is 4. The maximum Gasteiger partial charge on any atom is 0.0641 e. The molecular weight excluding hydrogens is 226 g/mol. The Bertz CT molecular complexity index is 523. The highest BCUT2D eigenvalue weighted by Crippen LogP contribution is 2.10. The smallest absolute Gasteiger partial charge is 0.0641 e. The van der Waals surface area contributed by atoms with Crippen LogP contribution in [0, 0.1) is 20.8 Å².